The van der Waals surface area contributed by atoms with Crippen LogP contribution in [0.25, 0.3) is 77.3 Å². The highest BCUT2D eigenvalue weighted by molar-refractivity contribution is 7.19. The number of benzene rings is 9. The van der Waals surface area contributed by atoms with Gasteiger partial charge in [0, 0.05) is 32.9 Å². The van der Waals surface area contributed by atoms with Gasteiger partial charge in [-0.25, -0.2) is 0 Å². The molecule has 12 aromatic rings. The van der Waals surface area contributed by atoms with E-state index in [1.54, 1.807) is 0 Å². The van der Waals surface area contributed by atoms with Gasteiger partial charge in [-0.2, -0.15) is 0 Å². The first kappa shape index (κ1) is 34.4. The number of hydrogen-bond donors (Lipinski definition) is 0. The van der Waals surface area contributed by atoms with Crippen molar-refractivity contribution in [1.29, 1.82) is 0 Å². The summed E-state index contributed by atoms with van der Waals surface area (Å²) in [6.45, 7) is 0. The molecule has 0 unspecified atom stereocenters. The van der Waals surface area contributed by atoms with Gasteiger partial charge in [0.25, 0.3) is 0 Å². The number of hydrogen-bond acceptors (Lipinski definition) is 1. The van der Waals surface area contributed by atoms with E-state index in [4.69, 9.17) is 4.42 Å². The van der Waals surface area contributed by atoms with Gasteiger partial charge >= 0.3 is 0 Å². The van der Waals surface area contributed by atoms with Crippen LogP contribution in [0.15, 0.2) is 235 Å². The first-order valence-electron chi connectivity index (χ1n) is 20.6. The third kappa shape index (κ3) is 5.14. The Labute approximate surface area is 348 Å². The Bertz CT molecular complexity index is 3410. The molecule has 0 spiro atoms. The van der Waals surface area contributed by atoms with Gasteiger partial charge in [0.05, 0.1) is 16.6 Å². The molecule has 0 aliphatic carbocycles. The highest BCUT2D eigenvalue weighted by atomic mass is 28.3. The van der Waals surface area contributed by atoms with Gasteiger partial charge in [-0.05, 0) is 98.6 Å². The molecule has 9 aromatic carbocycles. The zero-order valence-corrected chi connectivity index (χ0v) is 33.7. The van der Waals surface area contributed by atoms with Crippen LogP contribution in [0, 0.1) is 0 Å². The maximum absolute atomic E-state index is 6.43. The number of furan rings is 1. The molecule has 0 radical (unpaired) electrons. The second-order valence-electron chi connectivity index (χ2n) is 15.7. The van der Waals surface area contributed by atoms with Crippen LogP contribution in [0.4, 0.5) is 0 Å². The smallest absolute Gasteiger partial charge is 0.179 e. The van der Waals surface area contributed by atoms with E-state index in [9.17, 15) is 0 Å². The number of aromatic nitrogens is 2. The van der Waals surface area contributed by atoms with E-state index in [1.165, 1.54) is 53.7 Å². The lowest BCUT2D eigenvalue weighted by Gasteiger charge is -2.34. The fourth-order valence-corrected chi connectivity index (χ4v) is 14.6. The second kappa shape index (κ2) is 13.7. The molecular formula is C56H38N2OSi. The fourth-order valence-electron chi connectivity index (χ4n) is 9.84. The standard InChI is InChI=1S/C56H38N2OSi/c1-4-16-43(17-5-1)60(44-18-6-2-7-19-44,45-20-8-3-9-21-45)46-35-33-41(34-36-46)57-51-25-13-10-22-47(51)50-38-40(30-37-53(50)57)39-28-31-42(32-29-39)58-52-26-14-11-23-48(52)56-55(58)49-24-12-15-27-54(49)59-56/h1-38H. The molecule has 0 aliphatic rings. The molecule has 0 bridgehead atoms. The summed E-state index contributed by atoms with van der Waals surface area (Å²) in [7, 11) is -2.63. The number of para-hydroxylation sites is 3. The molecule has 60 heavy (non-hydrogen) atoms. The summed E-state index contributed by atoms with van der Waals surface area (Å²) >= 11 is 0. The highest BCUT2D eigenvalue weighted by Gasteiger charge is 2.41. The van der Waals surface area contributed by atoms with Crippen molar-refractivity contribution in [3.8, 4) is 22.5 Å². The van der Waals surface area contributed by atoms with Crippen molar-refractivity contribution in [1.82, 2.24) is 9.13 Å². The lowest BCUT2D eigenvalue weighted by atomic mass is 10.0. The minimum atomic E-state index is -2.63. The predicted molar refractivity (Wildman–Crippen MR) is 254 cm³/mol. The fraction of sp³-hybridized carbons (Fsp3) is 0. The van der Waals surface area contributed by atoms with E-state index in [1.807, 2.05) is 6.07 Å². The molecule has 3 nitrogen and oxygen atoms in total. The molecule has 12 rings (SSSR count). The Balaban J connectivity index is 0.967. The summed E-state index contributed by atoms with van der Waals surface area (Å²) < 4.78 is 11.2. The van der Waals surface area contributed by atoms with Crippen LogP contribution in [0.2, 0.25) is 0 Å². The topological polar surface area (TPSA) is 23.0 Å². The van der Waals surface area contributed by atoms with E-state index in [2.05, 4.69) is 234 Å². The van der Waals surface area contributed by atoms with E-state index in [0.29, 0.717) is 0 Å². The van der Waals surface area contributed by atoms with Crippen molar-refractivity contribution in [2.24, 2.45) is 0 Å². The van der Waals surface area contributed by atoms with Gasteiger partial charge in [0.2, 0.25) is 0 Å². The molecule has 0 saturated heterocycles. The summed E-state index contributed by atoms with van der Waals surface area (Å²) in [6.07, 6.45) is 0. The average Bonchev–Trinajstić information content (AvgIpc) is 3.98. The quantitative estimate of drug-likeness (QED) is 0.117. The molecule has 4 heteroatoms. The molecule has 3 aromatic heterocycles. The average molecular weight is 783 g/mol. The van der Waals surface area contributed by atoms with Gasteiger partial charge in [0.1, 0.15) is 11.1 Å². The van der Waals surface area contributed by atoms with Crippen molar-refractivity contribution in [3.05, 3.63) is 231 Å². The molecular weight excluding hydrogens is 745 g/mol. The lowest BCUT2D eigenvalue weighted by molar-refractivity contribution is 0.673. The lowest BCUT2D eigenvalue weighted by Crippen LogP contribution is -2.74. The molecule has 3 heterocycles. The molecule has 0 amide bonds. The molecule has 0 fully saturated rings. The molecule has 0 saturated carbocycles. The Hall–Kier alpha value is -7.66. The number of rotatable bonds is 7. The van der Waals surface area contributed by atoms with Crippen molar-refractivity contribution in [2.45, 2.75) is 0 Å². The van der Waals surface area contributed by atoms with Gasteiger partial charge < -0.3 is 13.6 Å². The Morgan fingerprint density at radius 3 is 1.40 bits per heavy atom. The van der Waals surface area contributed by atoms with Crippen LogP contribution >= 0.6 is 0 Å². The first-order valence-corrected chi connectivity index (χ1v) is 22.6. The molecule has 282 valence electrons. The predicted octanol–water partition coefficient (Wildman–Crippen LogP) is 11.7. The first-order chi connectivity index (χ1) is 29.8. The Morgan fingerprint density at radius 1 is 0.317 bits per heavy atom. The minimum absolute atomic E-state index is 0.906. The highest BCUT2D eigenvalue weighted by Crippen LogP contribution is 2.40. The van der Waals surface area contributed by atoms with Crippen LogP contribution in [0.5, 0.6) is 0 Å². The van der Waals surface area contributed by atoms with Gasteiger partial charge in [-0.15, -0.1) is 0 Å². The van der Waals surface area contributed by atoms with Crippen molar-refractivity contribution in [3.63, 3.8) is 0 Å². The summed E-state index contributed by atoms with van der Waals surface area (Å²) in [5, 5.41) is 10.2. The van der Waals surface area contributed by atoms with Crippen molar-refractivity contribution in [2.75, 3.05) is 0 Å². The van der Waals surface area contributed by atoms with Gasteiger partial charge in [-0.3, -0.25) is 0 Å². The molecule has 0 aliphatic heterocycles. The number of nitrogens with zero attached hydrogens (tertiary/aromatic N) is 2. The number of fused-ring (bicyclic) bond motifs is 8. The molecule has 0 N–H and O–H groups in total. The third-order valence-corrected chi connectivity index (χ3v) is 17.3. The normalized spacial score (nSPS) is 12.0. The SMILES string of the molecule is c1ccc([Si](c2ccccc2)(c2ccccc2)c2ccc(-n3c4ccccc4c4cc(-c5ccc(-n6c7ccccc7c7oc8ccccc8c76)cc5)ccc43)cc2)cc1. The van der Waals surface area contributed by atoms with Crippen LogP contribution in [-0.4, -0.2) is 17.2 Å². The van der Waals surface area contributed by atoms with E-state index >= 15 is 0 Å². The largest absolute Gasteiger partial charge is 0.454 e. The Morgan fingerprint density at radius 2 is 0.767 bits per heavy atom. The van der Waals surface area contributed by atoms with Gasteiger partial charge in [0.15, 0.2) is 13.7 Å². The van der Waals surface area contributed by atoms with Crippen LogP contribution in [0.1, 0.15) is 0 Å². The molecule has 0 atom stereocenters. The summed E-state index contributed by atoms with van der Waals surface area (Å²) in [5.41, 5.74) is 11.1. The maximum Gasteiger partial charge on any atom is 0.179 e. The second-order valence-corrected chi connectivity index (χ2v) is 19.5. The monoisotopic (exact) mass is 782 g/mol. The van der Waals surface area contributed by atoms with Crippen molar-refractivity contribution < 1.29 is 4.42 Å². The zero-order chi connectivity index (χ0) is 39.6. The van der Waals surface area contributed by atoms with Crippen LogP contribution in [-0.2, 0) is 0 Å². The third-order valence-electron chi connectivity index (χ3n) is 12.5. The van der Waals surface area contributed by atoms with E-state index in [-0.39, 0.29) is 0 Å². The summed E-state index contributed by atoms with van der Waals surface area (Å²) in [4.78, 5) is 0. The zero-order valence-electron chi connectivity index (χ0n) is 32.7. The van der Waals surface area contributed by atoms with Crippen LogP contribution < -0.4 is 20.7 Å². The Kier molecular flexibility index (Phi) is 7.87. The van der Waals surface area contributed by atoms with E-state index < -0.39 is 8.07 Å². The van der Waals surface area contributed by atoms with Gasteiger partial charge in [-0.1, -0.05) is 164 Å². The van der Waals surface area contributed by atoms with E-state index in [0.717, 1.165) is 44.3 Å². The minimum Gasteiger partial charge on any atom is -0.454 e. The summed E-state index contributed by atoms with van der Waals surface area (Å²) in [6, 6.07) is 84.4. The maximum atomic E-state index is 6.43. The van der Waals surface area contributed by atoms with Crippen molar-refractivity contribution >= 4 is 83.6 Å². The summed E-state index contributed by atoms with van der Waals surface area (Å²) in [5.74, 6) is 0. The van der Waals surface area contributed by atoms with Crippen LogP contribution in [0.3, 0.4) is 0 Å².